The van der Waals surface area contributed by atoms with Gasteiger partial charge in [-0.2, -0.15) is 11.8 Å². The summed E-state index contributed by atoms with van der Waals surface area (Å²) in [4.78, 5) is 27.8. The van der Waals surface area contributed by atoms with Crippen LogP contribution in [0, 0.1) is 0 Å². The van der Waals surface area contributed by atoms with Crippen molar-refractivity contribution in [1.82, 2.24) is 10.2 Å². The third kappa shape index (κ3) is 4.76. The summed E-state index contributed by atoms with van der Waals surface area (Å²) >= 11 is 1.69. The predicted molar refractivity (Wildman–Crippen MR) is 107 cm³/mol. The maximum Gasteiger partial charge on any atom is 0.329 e. The number of amides is 3. The first-order chi connectivity index (χ1) is 13.1. The summed E-state index contributed by atoms with van der Waals surface area (Å²) in [5.41, 5.74) is 1.25. The van der Waals surface area contributed by atoms with Crippen LogP contribution in [0.2, 0.25) is 0 Å². The van der Waals surface area contributed by atoms with Crippen molar-refractivity contribution in [3.05, 3.63) is 29.8 Å². The van der Waals surface area contributed by atoms with Crippen LogP contribution in [-0.2, 0) is 4.79 Å². The van der Waals surface area contributed by atoms with Crippen LogP contribution in [0.25, 0.3) is 0 Å². The van der Waals surface area contributed by atoms with Crippen molar-refractivity contribution in [3.63, 3.8) is 0 Å². The Morgan fingerprint density at radius 3 is 2.70 bits per heavy atom. The number of nitrogens with one attached hydrogen (secondary N) is 2. The number of urea groups is 1. The highest BCUT2D eigenvalue weighted by molar-refractivity contribution is 7.98. The van der Waals surface area contributed by atoms with E-state index in [9.17, 15) is 9.59 Å². The molecule has 6 nitrogen and oxygen atoms in total. The average molecular weight is 393 g/mol. The molecule has 3 amide bonds. The summed E-state index contributed by atoms with van der Waals surface area (Å²) < 4.78 is 5.27. The number of carbonyl (C=O) groups is 2. The Labute approximate surface area is 165 Å². The second kappa shape index (κ2) is 9.46. The number of quaternary nitrogens is 1. The number of benzene rings is 1. The molecule has 27 heavy (non-hydrogen) atoms. The van der Waals surface area contributed by atoms with Crippen molar-refractivity contribution in [3.8, 4) is 5.75 Å². The summed E-state index contributed by atoms with van der Waals surface area (Å²) in [6.07, 6.45) is 7.28. The Hall–Kier alpha value is -1.73. The van der Waals surface area contributed by atoms with E-state index in [0.29, 0.717) is 19.1 Å². The van der Waals surface area contributed by atoms with Crippen LogP contribution in [0.3, 0.4) is 0 Å². The van der Waals surface area contributed by atoms with Gasteiger partial charge in [0.15, 0.2) is 6.67 Å². The zero-order valence-corrected chi connectivity index (χ0v) is 17.0. The van der Waals surface area contributed by atoms with Crippen molar-refractivity contribution in [2.45, 2.75) is 44.2 Å². The zero-order valence-electron chi connectivity index (χ0n) is 16.2. The highest BCUT2D eigenvalue weighted by Gasteiger charge is 2.41. The highest BCUT2D eigenvalue weighted by atomic mass is 32.2. The van der Waals surface area contributed by atoms with Crippen molar-refractivity contribution >= 4 is 23.7 Å². The Kier molecular flexibility index (Phi) is 7.01. The molecular weight excluding hydrogens is 362 g/mol. The molecule has 1 aromatic rings. The standard InChI is InChI=1S/C20H29N3O3S/c1-26-16-9-7-15(8-10-16)18-6-4-3-5-12-22(18)14-23-19(24)17(11-13-27-2)21-20(23)25/h7-10,17-18H,3-6,11-14H2,1-2H3,(H,21,25)/p+1/t17-,18-/m0/s1. The molecule has 1 aromatic carbocycles. The van der Waals surface area contributed by atoms with Crippen LogP contribution in [0.15, 0.2) is 24.3 Å². The van der Waals surface area contributed by atoms with E-state index in [1.165, 1.54) is 28.2 Å². The lowest BCUT2D eigenvalue weighted by molar-refractivity contribution is -0.938. The van der Waals surface area contributed by atoms with Gasteiger partial charge in [-0.05, 0) is 62.0 Å². The minimum atomic E-state index is -0.365. The number of methoxy groups -OCH3 is 1. The summed E-state index contributed by atoms with van der Waals surface area (Å²) in [7, 11) is 1.67. The second-order valence-electron chi connectivity index (χ2n) is 7.29. The largest absolute Gasteiger partial charge is 0.497 e. The molecule has 2 aliphatic heterocycles. The van der Waals surface area contributed by atoms with Crippen LogP contribution in [-0.4, -0.2) is 55.2 Å². The number of likely N-dealkylation sites (tertiary alicyclic amines) is 1. The van der Waals surface area contributed by atoms with Gasteiger partial charge < -0.3 is 15.0 Å². The van der Waals surface area contributed by atoms with Crippen LogP contribution >= 0.6 is 11.8 Å². The maximum atomic E-state index is 12.7. The summed E-state index contributed by atoms with van der Waals surface area (Å²) in [6, 6.07) is 7.90. The lowest BCUT2D eigenvalue weighted by atomic mass is 10.0. The fourth-order valence-electron chi connectivity index (χ4n) is 4.04. The summed E-state index contributed by atoms with van der Waals surface area (Å²) in [6.45, 7) is 1.42. The van der Waals surface area contributed by atoms with Gasteiger partial charge in [0.05, 0.1) is 13.7 Å². The van der Waals surface area contributed by atoms with E-state index in [-0.39, 0.29) is 18.0 Å². The Morgan fingerprint density at radius 1 is 1.22 bits per heavy atom. The van der Waals surface area contributed by atoms with E-state index in [1.807, 2.05) is 18.4 Å². The molecule has 0 radical (unpaired) electrons. The summed E-state index contributed by atoms with van der Waals surface area (Å²) in [5.74, 6) is 1.65. The van der Waals surface area contributed by atoms with Gasteiger partial charge >= 0.3 is 6.03 Å². The molecule has 148 valence electrons. The van der Waals surface area contributed by atoms with E-state index < -0.39 is 0 Å². The highest BCUT2D eigenvalue weighted by Crippen LogP contribution is 2.22. The number of rotatable bonds is 7. The molecule has 0 aromatic heterocycles. The van der Waals surface area contributed by atoms with Gasteiger partial charge in [0, 0.05) is 12.0 Å². The molecular formula is C20H30N3O3S+. The molecule has 3 atom stereocenters. The van der Waals surface area contributed by atoms with Crippen molar-refractivity contribution < 1.29 is 19.2 Å². The fraction of sp³-hybridized carbons (Fsp3) is 0.600. The summed E-state index contributed by atoms with van der Waals surface area (Å²) in [5, 5.41) is 2.86. The molecule has 2 fully saturated rings. The normalized spacial score (nSPS) is 26.0. The predicted octanol–water partition coefficient (Wildman–Crippen LogP) is 1.83. The van der Waals surface area contributed by atoms with E-state index in [0.717, 1.165) is 30.9 Å². The SMILES string of the molecule is COc1ccc([C@@H]2CCCCC[NH+]2CN2C(=O)N[C@@H](CCSC)C2=O)cc1. The third-order valence-electron chi connectivity index (χ3n) is 5.58. The third-order valence-corrected chi connectivity index (χ3v) is 6.22. The lowest BCUT2D eigenvalue weighted by Crippen LogP contribution is -3.13. The quantitative estimate of drug-likeness (QED) is 0.695. The van der Waals surface area contributed by atoms with Crippen LogP contribution in [0.5, 0.6) is 5.75 Å². The average Bonchev–Trinajstić information content (AvgIpc) is 2.85. The number of hydrogen-bond acceptors (Lipinski definition) is 4. The van der Waals surface area contributed by atoms with Crippen LogP contribution in [0.1, 0.15) is 43.7 Å². The molecule has 2 N–H and O–H groups in total. The molecule has 7 heteroatoms. The van der Waals surface area contributed by atoms with Gasteiger partial charge in [-0.15, -0.1) is 0 Å². The van der Waals surface area contributed by atoms with Crippen LogP contribution in [0.4, 0.5) is 4.79 Å². The molecule has 2 saturated heterocycles. The number of imide groups is 1. The Bertz CT molecular complexity index is 652. The number of hydrogen-bond donors (Lipinski definition) is 2. The second-order valence-corrected chi connectivity index (χ2v) is 8.28. The van der Waals surface area contributed by atoms with Gasteiger partial charge in [-0.25, -0.2) is 9.69 Å². The molecule has 2 heterocycles. The number of nitrogens with zero attached hydrogens (tertiary/aromatic N) is 1. The molecule has 0 aliphatic carbocycles. The molecule has 2 aliphatic rings. The first-order valence-electron chi connectivity index (χ1n) is 9.73. The number of thioether (sulfide) groups is 1. The van der Waals surface area contributed by atoms with Crippen molar-refractivity contribution in [2.75, 3.05) is 32.3 Å². The van der Waals surface area contributed by atoms with Gasteiger partial charge in [0.1, 0.15) is 17.8 Å². The van der Waals surface area contributed by atoms with Gasteiger partial charge in [0.25, 0.3) is 5.91 Å². The van der Waals surface area contributed by atoms with Crippen molar-refractivity contribution in [2.24, 2.45) is 0 Å². The number of ether oxygens (including phenoxy) is 1. The minimum Gasteiger partial charge on any atom is -0.497 e. The fourth-order valence-corrected chi connectivity index (χ4v) is 4.52. The topological polar surface area (TPSA) is 63.1 Å². The number of carbonyl (C=O) groups excluding carboxylic acids is 2. The van der Waals surface area contributed by atoms with Crippen LogP contribution < -0.4 is 15.0 Å². The van der Waals surface area contributed by atoms with E-state index >= 15 is 0 Å². The van der Waals surface area contributed by atoms with E-state index in [1.54, 1.807) is 18.9 Å². The first-order valence-corrected chi connectivity index (χ1v) is 11.1. The minimum absolute atomic E-state index is 0.0701. The monoisotopic (exact) mass is 392 g/mol. The maximum absolute atomic E-state index is 12.7. The van der Waals surface area contributed by atoms with E-state index in [4.69, 9.17) is 4.74 Å². The first kappa shape index (κ1) is 20.0. The molecule has 3 rings (SSSR count). The lowest BCUT2D eigenvalue weighted by Gasteiger charge is -2.29. The molecule has 1 unspecified atom stereocenters. The smallest absolute Gasteiger partial charge is 0.329 e. The molecule has 0 spiro atoms. The molecule has 0 saturated carbocycles. The Balaban J connectivity index is 1.73. The Morgan fingerprint density at radius 2 is 2.00 bits per heavy atom. The van der Waals surface area contributed by atoms with Gasteiger partial charge in [0.2, 0.25) is 0 Å². The van der Waals surface area contributed by atoms with Gasteiger partial charge in [-0.1, -0.05) is 0 Å². The molecule has 0 bridgehead atoms. The zero-order chi connectivity index (χ0) is 19.2. The van der Waals surface area contributed by atoms with Crippen molar-refractivity contribution in [1.29, 1.82) is 0 Å². The van der Waals surface area contributed by atoms with E-state index in [2.05, 4.69) is 17.4 Å². The van der Waals surface area contributed by atoms with Gasteiger partial charge in [-0.3, -0.25) is 4.79 Å².